The first-order valence-corrected chi connectivity index (χ1v) is 6.80. The first-order chi connectivity index (χ1) is 9.63. The van der Waals surface area contributed by atoms with Crippen LogP contribution in [0.5, 0.6) is 0 Å². The zero-order valence-corrected chi connectivity index (χ0v) is 11.4. The van der Waals surface area contributed by atoms with Gasteiger partial charge in [0.25, 0.3) is 5.91 Å². The Labute approximate surface area is 116 Å². The molecule has 1 N–H and O–H groups in total. The van der Waals surface area contributed by atoms with E-state index in [2.05, 4.69) is 0 Å². The monoisotopic (exact) mass is 276 g/mol. The van der Waals surface area contributed by atoms with Gasteiger partial charge in [-0.1, -0.05) is 0 Å². The number of hydrogen-bond donors (Lipinski definition) is 1. The summed E-state index contributed by atoms with van der Waals surface area (Å²) >= 11 is 0. The second-order valence-electron chi connectivity index (χ2n) is 5.19. The number of nitrogens with zero attached hydrogens (tertiary/aromatic N) is 2. The van der Waals surface area contributed by atoms with Crippen molar-refractivity contribution >= 4 is 16.8 Å². The van der Waals surface area contributed by atoms with Crippen molar-refractivity contribution in [2.24, 2.45) is 0 Å². The van der Waals surface area contributed by atoms with Crippen molar-refractivity contribution in [1.82, 2.24) is 9.47 Å². The summed E-state index contributed by atoms with van der Waals surface area (Å²) in [5, 5.41) is 10.0. The van der Waals surface area contributed by atoms with Gasteiger partial charge in [-0.25, -0.2) is 4.39 Å². The highest BCUT2D eigenvalue weighted by Gasteiger charge is 2.27. The first kappa shape index (κ1) is 13.1. The highest BCUT2D eigenvalue weighted by atomic mass is 19.1. The first-order valence-electron chi connectivity index (χ1n) is 6.80. The van der Waals surface area contributed by atoms with Gasteiger partial charge in [-0.3, -0.25) is 4.79 Å². The van der Waals surface area contributed by atoms with E-state index in [1.807, 2.05) is 4.57 Å². The number of halogens is 1. The number of hydrogen-bond acceptors (Lipinski definition) is 2. The number of aromatic nitrogens is 1. The molecular formula is C15H17FN2O2. The molecule has 0 radical (unpaired) electrons. The van der Waals surface area contributed by atoms with Gasteiger partial charge in [0, 0.05) is 31.0 Å². The zero-order valence-electron chi connectivity index (χ0n) is 11.4. The standard InChI is InChI=1S/C15H17FN2O2/c1-17-6-2-3-11-12-9-10(16)4-5-13(12)18(7-8-19)14(11)15(17)20/h4-5,9,19H,2-3,6-8H2,1H3. The average Bonchev–Trinajstić information content (AvgIpc) is 2.63. The van der Waals surface area contributed by atoms with Crippen LogP contribution in [0.1, 0.15) is 22.5 Å². The molecule has 0 saturated heterocycles. The lowest BCUT2D eigenvalue weighted by Crippen LogP contribution is -2.28. The fourth-order valence-corrected chi connectivity index (χ4v) is 3.00. The van der Waals surface area contributed by atoms with E-state index in [1.54, 1.807) is 18.0 Å². The number of aliphatic hydroxyl groups is 1. The SMILES string of the molecule is CN1CCCc2c(n(CCO)c3ccc(F)cc23)C1=O. The zero-order chi connectivity index (χ0) is 14.3. The van der Waals surface area contributed by atoms with Gasteiger partial charge in [0.1, 0.15) is 11.5 Å². The summed E-state index contributed by atoms with van der Waals surface area (Å²) in [7, 11) is 1.78. The summed E-state index contributed by atoms with van der Waals surface area (Å²) in [6.07, 6.45) is 1.62. The largest absolute Gasteiger partial charge is 0.395 e. The summed E-state index contributed by atoms with van der Waals surface area (Å²) in [6, 6.07) is 4.56. The highest BCUT2D eigenvalue weighted by molar-refractivity contribution is 6.02. The Kier molecular flexibility index (Phi) is 3.22. The van der Waals surface area contributed by atoms with E-state index >= 15 is 0 Å². The third kappa shape index (κ3) is 1.89. The molecule has 1 aromatic heterocycles. The molecular weight excluding hydrogens is 259 g/mol. The van der Waals surface area contributed by atoms with Gasteiger partial charge < -0.3 is 14.6 Å². The lowest BCUT2D eigenvalue weighted by atomic mass is 10.1. The number of amides is 1. The number of benzene rings is 1. The summed E-state index contributed by atoms with van der Waals surface area (Å²) in [4.78, 5) is 14.2. The third-order valence-corrected chi connectivity index (χ3v) is 3.92. The number of rotatable bonds is 2. The maximum absolute atomic E-state index is 13.5. The van der Waals surface area contributed by atoms with Crippen LogP contribution < -0.4 is 0 Å². The van der Waals surface area contributed by atoms with Gasteiger partial charge in [0.15, 0.2) is 0 Å². The topological polar surface area (TPSA) is 45.5 Å². The van der Waals surface area contributed by atoms with E-state index in [0.29, 0.717) is 18.8 Å². The fraction of sp³-hybridized carbons (Fsp3) is 0.400. The van der Waals surface area contributed by atoms with Crippen LogP contribution in [0.15, 0.2) is 18.2 Å². The summed E-state index contributed by atoms with van der Waals surface area (Å²) < 4.78 is 15.3. The van der Waals surface area contributed by atoms with E-state index in [4.69, 9.17) is 0 Å². The molecule has 1 aliphatic rings. The maximum Gasteiger partial charge on any atom is 0.270 e. The minimum Gasteiger partial charge on any atom is -0.395 e. The summed E-state index contributed by atoms with van der Waals surface area (Å²) in [6.45, 7) is 0.991. The van der Waals surface area contributed by atoms with Crippen molar-refractivity contribution in [3.63, 3.8) is 0 Å². The van der Waals surface area contributed by atoms with Crippen LogP contribution in [0.4, 0.5) is 4.39 Å². The van der Waals surface area contributed by atoms with Crippen molar-refractivity contribution in [3.8, 4) is 0 Å². The van der Waals surface area contributed by atoms with Gasteiger partial charge in [0.05, 0.1) is 6.61 Å². The number of carbonyl (C=O) groups is 1. The molecule has 3 rings (SSSR count). The summed E-state index contributed by atoms with van der Waals surface area (Å²) in [5.41, 5.74) is 2.32. The lowest BCUT2D eigenvalue weighted by molar-refractivity contribution is 0.0789. The lowest BCUT2D eigenvalue weighted by Gasteiger charge is -2.16. The Morgan fingerprint density at radius 3 is 2.95 bits per heavy atom. The Bertz CT molecular complexity index is 678. The number of aliphatic hydroxyl groups excluding tert-OH is 1. The normalized spacial score (nSPS) is 15.6. The van der Waals surface area contributed by atoms with Crippen molar-refractivity contribution in [2.75, 3.05) is 20.2 Å². The molecule has 4 nitrogen and oxygen atoms in total. The molecule has 106 valence electrons. The molecule has 0 aliphatic carbocycles. The Hall–Kier alpha value is -1.88. The molecule has 0 bridgehead atoms. The minimum atomic E-state index is -0.300. The summed E-state index contributed by atoms with van der Waals surface area (Å²) in [5.74, 6) is -0.353. The van der Waals surface area contributed by atoms with Crippen LogP contribution in [0, 0.1) is 5.82 Å². The number of carbonyl (C=O) groups excluding carboxylic acids is 1. The molecule has 2 heterocycles. The predicted molar refractivity (Wildman–Crippen MR) is 74.3 cm³/mol. The Balaban J connectivity index is 2.33. The smallest absolute Gasteiger partial charge is 0.270 e. The molecule has 1 aromatic carbocycles. The molecule has 0 fully saturated rings. The molecule has 2 aromatic rings. The molecule has 0 saturated carbocycles. The van der Waals surface area contributed by atoms with Crippen LogP contribution in [-0.4, -0.2) is 40.7 Å². The average molecular weight is 276 g/mol. The highest BCUT2D eigenvalue weighted by Crippen LogP contribution is 2.30. The van der Waals surface area contributed by atoms with E-state index in [0.717, 1.165) is 29.3 Å². The molecule has 1 aliphatic heterocycles. The minimum absolute atomic E-state index is 0.0510. The number of aryl methyl sites for hydroxylation is 1. The van der Waals surface area contributed by atoms with Gasteiger partial charge in [-0.15, -0.1) is 0 Å². The van der Waals surface area contributed by atoms with Crippen LogP contribution in [0.25, 0.3) is 10.9 Å². The molecule has 0 atom stereocenters. The third-order valence-electron chi connectivity index (χ3n) is 3.92. The van der Waals surface area contributed by atoms with E-state index in [1.165, 1.54) is 12.1 Å². The van der Waals surface area contributed by atoms with Gasteiger partial charge in [-0.05, 0) is 36.6 Å². The van der Waals surface area contributed by atoms with Crippen LogP contribution in [0.3, 0.4) is 0 Å². The maximum atomic E-state index is 13.5. The second kappa shape index (κ2) is 4.90. The Morgan fingerprint density at radius 2 is 2.20 bits per heavy atom. The molecule has 5 heteroatoms. The molecule has 20 heavy (non-hydrogen) atoms. The van der Waals surface area contributed by atoms with Crippen molar-refractivity contribution in [3.05, 3.63) is 35.3 Å². The fourth-order valence-electron chi connectivity index (χ4n) is 3.00. The van der Waals surface area contributed by atoms with Crippen molar-refractivity contribution in [2.45, 2.75) is 19.4 Å². The van der Waals surface area contributed by atoms with E-state index in [-0.39, 0.29) is 18.3 Å². The van der Waals surface area contributed by atoms with Crippen molar-refractivity contribution < 1.29 is 14.3 Å². The molecule has 1 amide bonds. The van der Waals surface area contributed by atoms with E-state index < -0.39 is 0 Å². The van der Waals surface area contributed by atoms with Gasteiger partial charge in [0.2, 0.25) is 0 Å². The van der Waals surface area contributed by atoms with Gasteiger partial charge in [-0.2, -0.15) is 0 Å². The molecule has 0 unspecified atom stereocenters. The van der Waals surface area contributed by atoms with Gasteiger partial charge >= 0.3 is 0 Å². The number of fused-ring (bicyclic) bond motifs is 3. The van der Waals surface area contributed by atoms with Crippen molar-refractivity contribution in [1.29, 1.82) is 0 Å². The quantitative estimate of drug-likeness (QED) is 0.909. The predicted octanol–water partition coefficient (Wildman–Crippen LogP) is 1.79. The molecule has 0 spiro atoms. The van der Waals surface area contributed by atoms with Crippen LogP contribution in [-0.2, 0) is 13.0 Å². The van der Waals surface area contributed by atoms with Crippen LogP contribution >= 0.6 is 0 Å². The van der Waals surface area contributed by atoms with Crippen LogP contribution in [0.2, 0.25) is 0 Å². The second-order valence-corrected chi connectivity index (χ2v) is 5.19. The Morgan fingerprint density at radius 1 is 1.40 bits per heavy atom. The van der Waals surface area contributed by atoms with E-state index in [9.17, 15) is 14.3 Å².